The van der Waals surface area contributed by atoms with Gasteiger partial charge in [0.05, 0.1) is 5.69 Å². The van der Waals surface area contributed by atoms with E-state index in [1.165, 1.54) is 32.4 Å². The molecule has 1 saturated heterocycles. The number of aromatic nitrogens is 2. The molecule has 0 radical (unpaired) electrons. The van der Waals surface area contributed by atoms with Gasteiger partial charge in [-0.1, -0.05) is 18.2 Å². The lowest BCUT2D eigenvalue weighted by Gasteiger charge is -2.35. The van der Waals surface area contributed by atoms with Crippen molar-refractivity contribution in [2.24, 2.45) is 0 Å². The molecular weight excluding hydrogens is 412 g/mol. The third kappa shape index (κ3) is 4.77. The zero-order valence-corrected chi connectivity index (χ0v) is 19.6. The number of nitrogens with zero attached hydrogens (tertiary/aromatic N) is 4. The fraction of sp³-hybridized carbons (Fsp3) is 0.444. The monoisotopic (exact) mass is 446 g/mol. The van der Waals surface area contributed by atoms with Crippen molar-refractivity contribution in [1.82, 2.24) is 18.9 Å². The van der Waals surface area contributed by atoms with Crippen LogP contribution in [-0.2, 0) is 0 Å². The lowest BCUT2D eigenvalue weighted by atomic mass is 9.90. The summed E-state index contributed by atoms with van der Waals surface area (Å²) in [5, 5.41) is 0. The normalized spacial score (nSPS) is 23.8. The third-order valence-corrected chi connectivity index (χ3v) is 7.40. The smallest absolute Gasteiger partial charge is 0.332 e. The molecule has 1 unspecified atom stereocenters. The molecule has 2 fully saturated rings. The fourth-order valence-corrected chi connectivity index (χ4v) is 5.39. The van der Waals surface area contributed by atoms with Crippen LogP contribution in [0.5, 0.6) is 11.5 Å². The van der Waals surface area contributed by atoms with Crippen LogP contribution in [0.1, 0.15) is 38.1 Å². The van der Waals surface area contributed by atoms with E-state index >= 15 is 0 Å². The number of likely N-dealkylation sites (N-methyl/N-ethyl adjacent to an activating group) is 1. The molecule has 0 bridgehead atoms. The SMILES string of the molecule is CN(C)C1CCN(C2CCC(n3ccn(-c4ccc(Oc5ccccc5)cc4)c3=O)CC2)C1. The molecule has 6 heteroatoms. The number of hydrogen-bond donors (Lipinski definition) is 0. The van der Waals surface area contributed by atoms with Crippen LogP contribution in [-0.4, -0.2) is 58.2 Å². The molecule has 0 amide bonds. The molecule has 2 aromatic carbocycles. The Bertz CT molecular complexity index is 1100. The number of para-hydroxylation sites is 1. The molecule has 1 aliphatic heterocycles. The van der Waals surface area contributed by atoms with E-state index in [-0.39, 0.29) is 5.69 Å². The number of rotatable bonds is 6. The summed E-state index contributed by atoms with van der Waals surface area (Å²) in [6.45, 7) is 2.39. The maximum absolute atomic E-state index is 13.2. The van der Waals surface area contributed by atoms with Gasteiger partial charge < -0.3 is 9.64 Å². The molecule has 1 aromatic heterocycles. The van der Waals surface area contributed by atoms with Crippen LogP contribution in [0, 0.1) is 0 Å². The van der Waals surface area contributed by atoms with Gasteiger partial charge in [0.1, 0.15) is 11.5 Å². The van der Waals surface area contributed by atoms with Crippen LogP contribution >= 0.6 is 0 Å². The van der Waals surface area contributed by atoms with Crippen molar-refractivity contribution in [2.45, 2.75) is 50.2 Å². The summed E-state index contributed by atoms with van der Waals surface area (Å²) in [6.07, 6.45) is 9.61. The zero-order chi connectivity index (χ0) is 22.8. The highest BCUT2D eigenvalue weighted by atomic mass is 16.5. The maximum atomic E-state index is 13.2. The lowest BCUT2D eigenvalue weighted by Crippen LogP contribution is -2.40. The Morgan fingerprint density at radius 2 is 1.48 bits per heavy atom. The van der Waals surface area contributed by atoms with Crippen LogP contribution in [0.2, 0.25) is 0 Å². The van der Waals surface area contributed by atoms with Crippen LogP contribution in [0.15, 0.2) is 71.8 Å². The molecule has 2 aliphatic rings. The second kappa shape index (κ2) is 9.57. The first-order valence-corrected chi connectivity index (χ1v) is 12.1. The van der Waals surface area contributed by atoms with Crippen LogP contribution in [0.4, 0.5) is 0 Å². The number of likely N-dealkylation sites (tertiary alicyclic amines) is 1. The van der Waals surface area contributed by atoms with E-state index in [2.05, 4.69) is 23.9 Å². The number of imidazole rings is 1. The minimum absolute atomic E-state index is 0.0454. The van der Waals surface area contributed by atoms with Crippen molar-refractivity contribution < 1.29 is 4.74 Å². The molecular formula is C27H34N4O2. The average molecular weight is 447 g/mol. The summed E-state index contributed by atoms with van der Waals surface area (Å²) in [4.78, 5) is 18.2. The average Bonchev–Trinajstić information content (AvgIpc) is 3.48. The van der Waals surface area contributed by atoms with E-state index < -0.39 is 0 Å². The van der Waals surface area contributed by atoms with Crippen molar-refractivity contribution >= 4 is 0 Å². The second-order valence-corrected chi connectivity index (χ2v) is 9.63. The number of benzene rings is 2. The molecule has 5 rings (SSSR count). The molecule has 33 heavy (non-hydrogen) atoms. The highest BCUT2D eigenvalue weighted by Gasteiger charge is 2.32. The lowest BCUT2D eigenvalue weighted by molar-refractivity contribution is 0.154. The Labute approximate surface area is 196 Å². The Hall–Kier alpha value is -2.83. The molecule has 1 atom stereocenters. The fourth-order valence-electron chi connectivity index (χ4n) is 5.39. The Kier molecular flexibility index (Phi) is 6.38. The van der Waals surface area contributed by atoms with Crippen LogP contribution < -0.4 is 10.4 Å². The third-order valence-electron chi connectivity index (χ3n) is 7.40. The Morgan fingerprint density at radius 3 is 2.15 bits per heavy atom. The minimum atomic E-state index is 0.0454. The number of ether oxygens (including phenoxy) is 1. The highest BCUT2D eigenvalue weighted by molar-refractivity contribution is 5.39. The molecule has 0 N–H and O–H groups in total. The van der Waals surface area contributed by atoms with Gasteiger partial charge in [-0.3, -0.25) is 14.0 Å². The van der Waals surface area contributed by atoms with Crippen molar-refractivity contribution in [1.29, 1.82) is 0 Å². The molecule has 3 aromatic rings. The van der Waals surface area contributed by atoms with Gasteiger partial charge in [0.15, 0.2) is 0 Å². The molecule has 0 spiro atoms. The summed E-state index contributed by atoms with van der Waals surface area (Å²) in [5.41, 5.74) is 0.906. The van der Waals surface area contributed by atoms with Crippen LogP contribution in [0.3, 0.4) is 0 Å². The minimum Gasteiger partial charge on any atom is -0.457 e. The zero-order valence-electron chi connectivity index (χ0n) is 19.6. The van der Waals surface area contributed by atoms with E-state index in [9.17, 15) is 4.79 Å². The summed E-state index contributed by atoms with van der Waals surface area (Å²) in [6, 6.07) is 19.1. The largest absolute Gasteiger partial charge is 0.457 e. The predicted octanol–water partition coefficient (Wildman–Crippen LogP) is 4.55. The first-order valence-electron chi connectivity index (χ1n) is 12.1. The highest BCUT2D eigenvalue weighted by Crippen LogP contribution is 2.32. The molecule has 2 heterocycles. The quantitative estimate of drug-likeness (QED) is 0.557. The van der Waals surface area contributed by atoms with Gasteiger partial charge in [0.25, 0.3) is 0 Å². The molecule has 174 valence electrons. The Morgan fingerprint density at radius 1 is 0.818 bits per heavy atom. The standard InChI is InChI=1S/C27H34N4O2/c1-28(2)24-16-17-29(20-24)21-8-10-22(11-9-21)30-18-19-31(27(30)32)23-12-14-26(15-13-23)33-25-6-4-3-5-7-25/h3-7,12-15,18-19,21-22,24H,8-11,16-17,20H2,1-2H3. The van der Waals surface area contributed by atoms with Gasteiger partial charge in [0, 0.05) is 43.6 Å². The summed E-state index contributed by atoms with van der Waals surface area (Å²) >= 11 is 0. The van der Waals surface area contributed by atoms with Gasteiger partial charge in [-0.05, 0) is 82.6 Å². The number of hydrogen-bond acceptors (Lipinski definition) is 4. The first kappa shape index (κ1) is 22.0. The maximum Gasteiger partial charge on any atom is 0.332 e. The van der Waals surface area contributed by atoms with Gasteiger partial charge >= 0.3 is 5.69 Å². The van der Waals surface area contributed by atoms with Gasteiger partial charge in [0.2, 0.25) is 0 Å². The topological polar surface area (TPSA) is 42.6 Å². The Balaban J connectivity index is 1.21. The first-order chi connectivity index (χ1) is 16.1. The van der Waals surface area contributed by atoms with E-state index in [1.807, 2.05) is 71.6 Å². The molecule has 1 saturated carbocycles. The van der Waals surface area contributed by atoms with E-state index in [1.54, 1.807) is 4.57 Å². The van der Waals surface area contributed by atoms with E-state index in [0.29, 0.717) is 18.1 Å². The summed E-state index contributed by atoms with van der Waals surface area (Å²) in [7, 11) is 4.37. The van der Waals surface area contributed by atoms with Crippen molar-refractivity contribution in [3.05, 3.63) is 77.5 Å². The van der Waals surface area contributed by atoms with Gasteiger partial charge in [-0.25, -0.2) is 4.79 Å². The van der Waals surface area contributed by atoms with E-state index in [0.717, 1.165) is 30.0 Å². The predicted molar refractivity (Wildman–Crippen MR) is 132 cm³/mol. The van der Waals surface area contributed by atoms with Gasteiger partial charge in [-0.2, -0.15) is 0 Å². The summed E-state index contributed by atoms with van der Waals surface area (Å²) < 4.78 is 9.55. The second-order valence-electron chi connectivity index (χ2n) is 9.63. The van der Waals surface area contributed by atoms with Crippen molar-refractivity contribution in [3.63, 3.8) is 0 Å². The summed E-state index contributed by atoms with van der Waals surface area (Å²) in [5.74, 6) is 1.56. The molecule has 6 nitrogen and oxygen atoms in total. The molecule has 1 aliphatic carbocycles. The van der Waals surface area contributed by atoms with Gasteiger partial charge in [-0.15, -0.1) is 0 Å². The van der Waals surface area contributed by atoms with Crippen LogP contribution in [0.25, 0.3) is 5.69 Å². The van der Waals surface area contributed by atoms with Crippen molar-refractivity contribution in [2.75, 3.05) is 27.2 Å². The van der Waals surface area contributed by atoms with E-state index in [4.69, 9.17) is 4.74 Å². The van der Waals surface area contributed by atoms with Crippen molar-refractivity contribution in [3.8, 4) is 17.2 Å².